The zero-order valence-electron chi connectivity index (χ0n) is 18.9. The highest BCUT2D eigenvalue weighted by atomic mass is 32.2. The van der Waals surface area contributed by atoms with Gasteiger partial charge < -0.3 is 9.64 Å². The van der Waals surface area contributed by atoms with Crippen molar-refractivity contribution >= 4 is 54.0 Å². The zero-order valence-corrected chi connectivity index (χ0v) is 21.4. The number of anilines is 1. The molecule has 1 aliphatic rings. The van der Waals surface area contributed by atoms with Gasteiger partial charge in [-0.1, -0.05) is 17.4 Å². The number of thiophene rings is 1. The number of amides is 1. The zero-order chi connectivity index (χ0) is 23.6. The molecule has 8 nitrogen and oxygen atoms in total. The van der Waals surface area contributed by atoms with Crippen LogP contribution in [0.5, 0.6) is 5.75 Å². The largest absolute Gasteiger partial charge is 0.497 e. The lowest BCUT2D eigenvalue weighted by molar-refractivity contribution is -0.121. The van der Waals surface area contributed by atoms with Crippen LogP contribution in [-0.4, -0.2) is 75.4 Å². The van der Waals surface area contributed by atoms with E-state index in [4.69, 9.17) is 9.72 Å². The maximum absolute atomic E-state index is 13.8. The molecule has 178 valence electrons. The maximum Gasteiger partial charge on any atom is 0.253 e. The number of methoxy groups -OCH3 is 1. The Kier molecular flexibility index (Phi) is 7.34. The van der Waals surface area contributed by atoms with E-state index in [1.165, 1.54) is 27.0 Å². The van der Waals surface area contributed by atoms with Crippen molar-refractivity contribution in [2.75, 3.05) is 45.7 Å². The molecular formula is C22H28N4O4S3. The molecule has 1 amide bonds. The third-order valence-corrected chi connectivity index (χ3v) is 9.94. The first-order chi connectivity index (χ1) is 15.8. The Balaban J connectivity index is 1.65. The number of ether oxygens (including phenoxy) is 1. The minimum Gasteiger partial charge on any atom is -0.497 e. The second-order valence-electron chi connectivity index (χ2n) is 8.18. The van der Waals surface area contributed by atoms with Crippen molar-refractivity contribution in [3.63, 3.8) is 0 Å². The van der Waals surface area contributed by atoms with Gasteiger partial charge in [0, 0.05) is 13.1 Å². The number of aromatic nitrogens is 1. The first kappa shape index (κ1) is 24.1. The average molecular weight is 509 g/mol. The van der Waals surface area contributed by atoms with E-state index in [1.807, 2.05) is 32.3 Å². The minimum absolute atomic E-state index is 0.211. The lowest BCUT2D eigenvalue weighted by atomic mass is 10.2. The van der Waals surface area contributed by atoms with Gasteiger partial charge >= 0.3 is 0 Å². The third-order valence-electron chi connectivity index (χ3n) is 5.62. The smallest absolute Gasteiger partial charge is 0.253 e. The minimum atomic E-state index is -3.71. The van der Waals surface area contributed by atoms with Crippen LogP contribution in [0.3, 0.4) is 0 Å². The van der Waals surface area contributed by atoms with Crippen molar-refractivity contribution in [1.29, 1.82) is 0 Å². The molecule has 2 aromatic heterocycles. The summed E-state index contributed by atoms with van der Waals surface area (Å²) >= 11 is 2.60. The van der Waals surface area contributed by atoms with Gasteiger partial charge in [0.05, 0.1) is 17.3 Å². The van der Waals surface area contributed by atoms with Crippen LogP contribution in [0.1, 0.15) is 19.3 Å². The fraction of sp³-hybridized carbons (Fsp3) is 0.455. The van der Waals surface area contributed by atoms with Crippen LogP contribution < -0.4 is 9.64 Å². The quantitative estimate of drug-likeness (QED) is 0.440. The number of carbonyl (C=O) groups is 1. The van der Waals surface area contributed by atoms with Gasteiger partial charge in [-0.2, -0.15) is 4.31 Å². The molecule has 1 atom stereocenters. The van der Waals surface area contributed by atoms with Crippen molar-refractivity contribution in [3.8, 4) is 5.75 Å². The van der Waals surface area contributed by atoms with E-state index < -0.39 is 16.1 Å². The van der Waals surface area contributed by atoms with Gasteiger partial charge in [0.2, 0.25) is 5.91 Å². The molecule has 3 aromatic rings. The van der Waals surface area contributed by atoms with E-state index in [-0.39, 0.29) is 10.1 Å². The van der Waals surface area contributed by atoms with Crippen LogP contribution in [0.2, 0.25) is 0 Å². The summed E-state index contributed by atoms with van der Waals surface area (Å²) in [5.41, 5.74) is 0.788. The molecule has 0 spiro atoms. The van der Waals surface area contributed by atoms with Crippen LogP contribution in [0.4, 0.5) is 5.13 Å². The topological polar surface area (TPSA) is 83.1 Å². The third kappa shape index (κ3) is 5.07. The first-order valence-corrected chi connectivity index (χ1v) is 13.9. The lowest BCUT2D eigenvalue weighted by Gasteiger charge is -2.28. The molecule has 4 rings (SSSR count). The Morgan fingerprint density at radius 3 is 2.79 bits per heavy atom. The van der Waals surface area contributed by atoms with Crippen LogP contribution in [0.15, 0.2) is 39.9 Å². The predicted octanol–water partition coefficient (Wildman–Crippen LogP) is 3.50. The normalized spacial score (nSPS) is 17.2. The molecule has 0 saturated carbocycles. The highest BCUT2D eigenvalue weighted by molar-refractivity contribution is 7.91. The number of benzene rings is 1. The molecule has 0 radical (unpaired) electrons. The summed E-state index contributed by atoms with van der Waals surface area (Å²) in [5.74, 6) is 0.518. The van der Waals surface area contributed by atoms with Gasteiger partial charge in [0.15, 0.2) is 5.13 Å². The van der Waals surface area contributed by atoms with Crippen molar-refractivity contribution in [2.45, 2.75) is 29.5 Å². The van der Waals surface area contributed by atoms with E-state index in [9.17, 15) is 13.2 Å². The van der Waals surface area contributed by atoms with Gasteiger partial charge in [-0.05, 0) is 69.5 Å². The van der Waals surface area contributed by atoms with Crippen LogP contribution in [0.25, 0.3) is 10.2 Å². The van der Waals surface area contributed by atoms with E-state index >= 15 is 0 Å². The van der Waals surface area contributed by atoms with Gasteiger partial charge in [0.1, 0.15) is 16.0 Å². The van der Waals surface area contributed by atoms with Crippen molar-refractivity contribution in [3.05, 3.63) is 35.7 Å². The summed E-state index contributed by atoms with van der Waals surface area (Å²) in [6.45, 7) is 1.63. The number of hydrogen-bond acceptors (Lipinski definition) is 8. The summed E-state index contributed by atoms with van der Waals surface area (Å²) in [6.07, 6.45) is 1.91. The number of hydrogen-bond donors (Lipinski definition) is 0. The van der Waals surface area contributed by atoms with Crippen molar-refractivity contribution in [2.24, 2.45) is 0 Å². The molecule has 1 saturated heterocycles. The molecular weight excluding hydrogens is 480 g/mol. The summed E-state index contributed by atoms with van der Waals surface area (Å²) < 4.78 is 34.3. The Hall–Kier alpha value is -2.05. The Morgan fingerprint density at radius 2 is 2.09 bits per heavy atom. The first-order valence-electron chi connectivity index (χ1n) is 10.8. The maximum atomic E-state index is 13.8. The Morgan fingerprint density at radius 1 is 1.27 bits per heavy atom. The SMILES string of the molecule is COc1ccc2nc(N(CCCN(C)C)C(=O)C3CCCN3S(=O)(=O)c3cccs3)sc2c1. The molecule has 1 unspecified atom stereocenters. The summed E-state index contributed by atoms with van der Waals surface area (Å²) in [7, 11) is 1.88. The number of fused-ring (bicyclic) bond motifs is 1. The second kappa shape index (κ2) is 10.1. The molecule has 3 heterocycles. The fourth-order valence-corrected chi connectivity index (χ4v) is 7.76. The predicted molar refractivity (Wildman–Crippen MR) is 133 cm³/mol. The highest BCUT2D eigenvalue weighted by Crippen LogP contribution is 2.34. The van der Waals surface area contributed by atoms with Crippen LogP contribution in [0, 0.1) is 0 Å². The lowest BCUT2D eigenvalue weighted by Crippen LogP contribution is -2.48. The molecule has 33 heavy (non-hydrogen) atoms. The van der Waals surface area contributed by atoms with Crippen LogP contribution >= 0.6 is 22.7 Å². The van der Waals surface area contributed by atoms with Gasteiger partial charge in [-0.15, -0.1) is 11.3 Å². The number of carbonyl (C=O) groups excluding carboxylic acids is 1. The van der Waals surface area contributed by atoms with E-state index in [0.717, 1.165) is 28.9 Å². The molecule has 0 N–H and O–H groups in total. The average Bonchev–Trinajstić information content (AvgIpc) is 3.55. The van der Waals surface area contributed by atoms with E-state index in [1.54, 1.807) is 29.5 Å². The van der Waals surface area contributed by atoms with Gasteiger partial charge in [-0.25, -0.2) is 13.4 Å². The number of sulfonamides is 1. The molecule has 0 bridgehead atoms. The number of nitrogens with zero attached hydrogens (tertiary/aromatic N) is 4. The Labute approximate surface area is 202 Å². The standard InChI is InChI=1S/C22H28N4O4S3/c1-24(2)11-6-12-25(22-23-17-10-9-16(30-3)15-19(17)32-22)21(27)18-7-4-13-26(18)33(28,29)20-8-5-14-31-20/h5,8-10,14-15,18H,4,6-7,11-13H2,1-3H3. The molecule has 0 aliphatic carbocycles. The molecule has 1 aromatic carbocycles. The highest BCUT2D eigenvalue weighted by Gasteiger charge is 2.42. The fourth-order valence-electron chi connectivity index (χ4n) is 3.96. The van der Waals surface area contributed by atoms with Gasteiger partial charge in [-0.3, -0.25) is 9.69 Å². The molecule has 1 aliphatic heterocycles. The Bertz CT molecular complexity index is 1210. The summed E-state index contributed by atoms with van der Waals surface area (Å²) in [4.78, 5) is 22.2. The molecule has 1 fully saturated rings. The number of rotatable bonds is 9. The number of thiazole rings is 1. The van der Waals surface area contributed by atoms with Gasteiger partial charge in [0.25, 0.3) is 10.0 Å². The molecule has 11 heteroatoms. The summed E-state index contributed by atoms with van der Waals surface area (Å²) in [6, 6.07) is 8.21. The summed E-state index contributed by atoms with van der Waals surface area (Å²) in [5, 5.41) is 2.32. The van der Waals surface area contributed by atoms with Crippen molar-refractivity contribution < 1.29 is 17.9 Å². The van der Waals surface area contributed by atoms with E-state index in [0.29, 0.717) is 31.1 Å². The second-order valence-corrected chi connectivity index (χ2v) is 12.3. The van der Waals surface area contributed by atoms with Crippen LogP contribution in [-0.2, 0) is 14.8 Å². The van der Waals surface area contributed by atoms with E-state index in [2.05, 4.69) is 4.90 Å². The van der Waals surface area contributed by atoms with Crippen molar-refractivity contribution in [1.82, 2.24) is 14.2 Å². The monoisotopic (exact) mass is 508 g/mol.